The van der Waals surface area contributed by atoms with Gasteiger partial charge < -0.3 is 4.79 Å². The Morgan fingerprint density at radius 3 is 2.58 bits per heavy atom. The van der Waals surface area contributed by atoms with Gasteiger partial charge in [-0.2, -0.15) is 0 Å². The molecule has 0 aromatic heterocycles. The fourth-order valence-electron chi connectivity index (χ4n) is 3.41. The molecule has 2 aliphatic rings. The zero-order valence-electron chi connectivity index (χ0n) is 7.88. The van der Waals surface area contributed by atoms with Crippen LogP contribution in [0.2, 0.25) is 0 Å². The van der Waals surface area contributed by atoms with Gasteiger partial charge in [-0.05, 0) is 37.0 Å². The van der Waals surface area contributed by atoms with Gasteiger partial charge in [-0.15, -0.1) is 0 Å². The van der Waals surface area contributed by atoms with Crippen molar-refractivity contribution < 1.29 is 4.79 Å². The first-order chi connectivity index (χ1) is 5.76. The van der Waals surface area contributed by atoms with Crippen LogP contribution in [0.15, 0.2) is 0 Å². The molecule has 12 heavy (non-hydrogen) atoms. The van der Waals surface area contributed by atoms with Crippen LogP contribution in [0.4, 0.5) is 0 Å². The van der Waals surface area contributed by atoms with Crippen molar-refractivity contribution in [3.05, 3.63) is 0 Å². The van der Waals surface area contributed by atoms with E-state index >= 15 is 0 Å². The molecule has 0 aromatic rings. The third-order valence-corrected chi connectivity index (χ3v) is 4.14. The minimum atomic E-state index is 0.395. The second kappa shape index (κ2) is 2.86. The average molecular weight is 166 g/mol. The van der Waals surface area contributed by atoms with E-state index in [0.717, 1.165) is 12.3 Å². The molecule has 0 N–H and O–H groups in total. The van der Waals surface area contributed by atoms with E-state index in [0.29, 0.717) is 11.3 Å². The molecule has 1 heteroatoms. The lowest BCUT2D eigenvalue weighted by Gasteiger charge is -2.39. The SMILES string of the molecule is CC12CCCC(C=O)C1CCC2. The Morgan fingerprint density at radius 2 is 1.92 bits per heavy atom. The smallest absolute Gasteiger partial charge is 0.123 e. The number of carbonyl (C=O) groups excluding carboxylic acids is 1. The van der Waals surface area contributed by atoms with Crippen molar-refractivity contribution in [1.29, 1.82) is 0 Å². The fraction of sp³-hybridized carbons (Fsp3) is 0.909. The van der Waals surface area contributed by atoms with E-state index in [-0.39, 0.29) is 0 Å². The van der Waals surface area contributed by atoms with E-state index in [1.165, 1.54) is 38.4 Å². The van der Waals surface area contributed by atoms with Crippen LogP contribution in [0.5, 0.6) is 0 Å². The summed E-state index contributed by atoms with van der Waals surface area (Å²) in [6, 6.07) is 0. The van der Waals surface area contributed by atoms with Gasteiger partial charge in [0.25, 0.3) is 0 Å². The molecule has 2 aliphatic carbocycles. The van der Waals surface area contributed by atoms with E-state index < -0.39 is 0 Å². The molecule has 0 aliphatic heterocycles. The van der Waals surface area contributed by atoms with Gasteiger partial charge in [0.15, 0.2) is 0 Å². The van der Waals surface area contributed by atoms with Crippen molar-refractivity contribution in [1.82, 2.24) is 0 Å². The predicted octanol–water partition coefficient (Wildman–Crippen LogP) is 2.79. The molecule has 2 rings (SSSR count). The number of fused-ring (bicyclic) bond motifs is 1. The number of aldehydes is 1. The fourth-order valence-corrected chi connectivity index (χ4v) is 3.41. The van der Waals surface area contributed by atoms with Crippen molar-refractivity contribution in [3.8, 4) is 0 Å². The first kappa shape index (κ1) is 8.28. The number of hydrogen-bond donors (Lipinski definition) is 0. The molecule has 2 saturated carbocycles. The Balaban J connectivity index is 2.17. The van der Waals surface area contributed by atoms with Gasteiger partial charge in [-0.3, -0.25) is 0 Å². The van der Waals surface area contributed by atoms with E-state index in [1.807, 2.05) is 0 Å². The minimum Gasteiger partial charge on any atom is -0.303 e. The molecular weight excluding hydrogens is 148 g/mol. The zero-order chi connectivity index (χ0) is 8.60. The van der Waals surface area contributed by atoms with Gasteiger partial charge >= 0.3 is 0 Å². The van der Waals surface area contributed by atoms with E-state index in [4.69, 9.17) is 0 Å². The summed E-state index contributed by atoms with van der Waals surface area (Å²) in [6.45, 7) is 2.39. The van der Waals surface area contributed by atoms with Crippen molar-refractivity contribution in [3.63, 3.8) is 0 Å². The van der Waals surface area contributed by atoms with E-state index in [9.17, 15) is 4.79 Å². The summed E-state index contributed by atoms with van der Waals surface area (Å²) in [5, 5.41) is 0. The van der Waals surface area contributed by atoms with Crippen LogP contribution < -0.4 is 0 Å². The predicted molar refractivity (Wildman–Crippen MR) is 48.9 cm³/mol. The van der Waals surface area contributed by atoms with Crippen molar-refractivity contribution in [2.45, 2.75) is 45.4 Å². The monoisotopic (exact) mass is 166 g/mol. The maximum absolute atomic E-state index is 10.8. The molecule has 0 radical (unpaired) electrons. The quantitative estimate of drug-likeness (QED) is 0.547. The molecule has 0 amide bonds. The molecule has 0 spiro atoms. The largest absolute Gasteiger partial charge is 0.303 e. The van der Waals surface area contributed by atoms with E-state index in [2.05, 4.69) is 6.92 Å². The van der Waals surface area contributed by atoms with Crippen molar-refractivity contribution in [2.75, 3.05) is 0 Å². The maximum atomic E-state index is 10.8. The lowest BCUT2D eigenvalue weighted by molar-refractivity contribution is -0.115. The first-order valence-electron chi connectivity index (χ1n) is 5.21. The maximum Gasteiger partial charge on any atom is 0.123 e. The van der Waals surface area contributed by atoms with Gasteiger partial charge in [0, 0.05) is 5.92 Å². The van der Waals surface area contributed by atoms with Crippen LogP contribution in [0, 0.1) is 17.3 Å². The highest BCUT2D eigenvalue weighted by atomic mass is 16.1. The summed E-state index contributed by atoms with van der Waals surface area (Å²) >= 11 is 0. The normalized spacial score (nSPS) is 47.1. The number of hydrogen-bond acceptors (Lipinski definition) is 1. The third kappa shape index (κ3) is 1.10. The Labute approximate surface area is 74.5 Å². The number of rotatable bonds is 1. The molecule has 68 valence electrons. The lowest BCUT2D eigenvalue weighted by atomic mass is 9.65. The summed E-state index contributed by atoms with van der Waals surface area (Å²) in [4.78, 5) is 10.8. The summed E-state index contributed by atoms with van der Waals surface area (Å²) in [6.07, 6.45) is 9.03. The van der Waals surface area contributed by atoms with E-state index in [1.54, 1.807) is 0 Å². The molecule has 0 heterocycles. The summed E-state index contributed by atoms with van der Waals surface area (Å²) in [7, 11) is 0. The zero-order valence-corrected chi connectivity index (χ0v) is 7.88. The van der Waals surface area contributed by atoms with Gasteiger partial charge in [0.2, 0.25) is 0 Å². The molecule has 0 saturated heterocycles. The van der Waals surface area contributed by atoms with Gasteiger partial charge in [0.05, 0.1) is 0 Å². The second-order valence-corrected chi connectivity index (χ2v) is 4.84. The van der Waals surface area contributed by atoms with Crippen LogP contribution in [-0.2, 0) is 4.79 Å². The molecule has 0 bridgehead atoms. The standard InChI is InChI=1S/C11H18O/c1-11-6-2-4-9(8-12)10(11)5-3-7-11/h8-10H,2-7H2,1H3. The molecule has 2 fully saturated rings. The highest BCUT2D eigenvalue weighted by molar-refractivity contribution is 5.54. The van der Waals surface area contributed by atoms with Crippen LogP contribution in [0.3, 0.4) is 0 Å². The van der Waals surface area contributed by atoms with Gasteiger partial charge in [-0.25, -0.2) is 0 Å². The molecule has 3 unspecified atom stereocenters. The van der Waals surface area contributed by atoms with Gasteiger partial charge in [0.1, 0.15) is 6.29 Å². The molecule has 3 atom stereocenters. The third-order valence-electron chi connectivity index (χ3n) is 4.14. The highest BCUT2D eigenvalue weighted by Crippen LogP contribution is 2.53. The summed E-state index contributed by atoms with van der Waals surface area (Å²) in [5.41, 5.74) is 0.532. The lowest BCUT2D eigenvalue weighted by Crippen LogP contribution is -2.33. The van der Waals surface area contributed by atoms with Crippen molar-refractivity contribution in [2.24, 2.45) is 17.3 Å². The highest BCUT2D eigenvalue weighted by Gasteiger charge is 2.44. The Kier molecular flexibility index (Phi) is 1.97. The topological polar surface area (TPSA) is 17.1 Å². The Bertz CT molecular complexity index is 187. The van der Waals surface area contributed by atoms with Crippen LogP contribution in [0.25, 0.3) is 0 Å². The minimum absolute atomic E-state index is 0.395. The number of carbonyl (C=O) groups is 1. The van der Waals surface area contributed by atoms with Gasteiger partial charge in [-0.1, -0.05) is 19.8 Å². The Hall–Kier alpha value is -0.330. The average Bonchev–Trinajstić information content (AvgIpc) is 2.45. The van der Waals surface area contributed by atoms with Crippen molar-refractivity contribution >= 4 is 6.29 Å². The first-order valence-corrected chi connectivity index (χ1v) is 5.21. The van der Waals surface area contributed by atoms with Crippen LogP contribution in [-0.4, -0.2) is 6.29 Å². The van der Waals surface area contributed by atoms with Crippen LogP contribution >= 0.6 is 0 Å². The second-order valence-electron chi connectivity index (χ2n) is 4.84. The Morgan fingerprint density at radius 1 is 1.25 bits per heavy atom. The summed E-state index contributed by atoms with van der Waals surface area (Å²) in [5.74, 6) is 1.12. The summed E-state index contributed by atoms with van der Waals surface area (Å²) < 4.78 is 0. The molecule has 1 nitrogen and oxygen atoms in total. The van der Waals surface area contributed by atoms with Crippen LogP contribution in [0.1, 0.15) is 45.4 Å². The molecule has 0 aromatic carbocycles. The molecular formula is C11H18O.